The van der Waals surface area contributed by atoms with Gasteiger partial charge in [0.1, 0.15) is 0 Å². The number of hydrogen-bond donors (Lipinski definition) is 3. The summed E-state index contributed by atoms with van der Waals surface area (Å²) in [7, 11) is 0. The fourth-order valence-corrected chi connectivity index (χ4v) is 3.54. The summed E-state index contributed by atoms with van der Waals surface area (Å²) < 4.78 is 5.98. The van der Waals surface area contributed by atoms with E-state index in [9.17, 15) is 5.11 Å². The molecule has 1 aliphatic carbocycles. The maximum Gasteiger partial charge on any atom is 0.191 e. The molecule has 1 aromatic rings. The van der Waals surface area contributed by atoms with E-state index in [2.05, 4.69) is 27.5 Å². The fraction of sp³-hybridized carbons (Fsp3) is 0.700. The zero-order valence-corrected chi connectivity index (χ0v) is 16.2. The molecule has 1 aliphatic rings. The van der Waals surface area contributed by atoms with Gasteiger partial charge in [-0.2, -0.15) is 0 Å². The third-order valence-corrected chi connectivity index (χ3v) is 4.89. The Morgan fingerprint density at radius 3 is 2.65 bits per heavy atom. The molecule has 2 rings (SSSR count). The van der Waals surface area contributed by atoms with Gasteiger partial charge in [0.15, 0.2) is 5.96 Å². The summed E-state index contributed by atoms with van der Waals surface area (Å²) in [5, 5.41) is 16.9. The zero-order chi connectivity index (χ0) is 18.6. The molecule has 0 aromatic carbocycles. The molecule has 1 heterocycles. The number of pyridine rings is 1. The van der Waals surface area contributed by atoms with Crippen LogP contribution in [-0.4, -0.2) is 48.4 Å². The Kier molecular flexibility index (Phi) is 9.42. The molecule has 1 saturated carbocycles. The number of guanidine groups is 1. The standard InChI is InChI=1S/C20H34N4O2/c1-3-22-20(24-15-18(25)16-9-12-21-13-10-16)23-14-11-19(26-4-2)17-7-5-6-8-17/h9-10,12-13,17-19,25H,3-8,11,14-15H2,1-2H3,(H2,22,23,24). The van der Waals surface area contributed by atoms with Crippen molar-refractivity contribution in [3.63, 3.8) is 0 Å². The van der Waals surface area contributed by atoms with Gasteiger partial charge in [-0.25, -0.2) is 0 Å². The molecule has 146 valence electrons. The van der Waals surface area contributed by atoms with Crippen LogP contribution in [0.15, 0.2) is 29.5 Å². The third kappa shape index (κ3) is 6.92. The van der Waals surface area contributed by atoms with Gasteiger partial charge in [-0.05, 0) is 56.7 Å². The van der Waals surface area contributed by atoms with Gasteiger partial charge >= 0.3 is 0 Å². The number of rotatable bonds is 10. The van der Waals surface area contributed by atoms with Crippen LogP contribution >= 0.6 is 0 Å². The van der Waals surface area contributed by atoms with Crippen molar-refractivity contribution >= 4 is 5.96 Å². The lowest BCUT2D eigenvalue weighted by molar-refractivity contribution is 0.0169. The number of nitrogens with zero attached hydrogens (tertiary/aromatic N) is 2. The zero-order valence-electron chi connectivity index (χ0n) is 16.2. The van der Waals surface area contributed by atoms with Gasteiger partial charge in [0.2, 0.25) is 0 Å². The second-order valence-corrected chi connectivity index (χ2v) is 6.77. The largest absolute Gasteiger partial charge is 0.386 e. The van der Waals surface area contributed by atoms with Crippen LogP contribution < -0.4 is 10.6 Å². The third-order valence-electron chi connectivity index (χ3n) is 4.89. The van der Waals surface area contributed by atoms with E-state index in [1.54, 1.807) is 12.4 Å². The molecule has 6 nitrogen and oxygen atoms in total. The van der Waals surface area contributed by atoms with Gasteiger partial charge in [0.05, 0.1) is 18.8 Å². The maximum atomic E-state index is 10.3. The highest BCUT2D eigenvalue weighted by Gasteiger charge is 2.25. The summed E-state index contributed by atoms with van der Waals surface area (Å²) in [6.07, 6.45) is 9.30. The van der Waals surface area contributed by atoms with Crippen molar-refractivity contribution in [2.45, 2.75) is 58.2 Å². The van der Waals surface area contributed by atoms with Gasteiger partial charge < -0.3 is 20.5 Å². The fourth-order valence-electron chi connectivity index (χ4n) is 3.54. The molecule has 6 heteroatoms. The van der Waals surface area contributed by atoms with Crippen molar-refractivity contribution in [3.05, 3.63) is 30.1 Å². The van der Waals surface area contributed by atoms with Crippen molar-refractivity contribution in [1.82, 2.24) is 15.6 Å². The molecule has 1 aromatic heterocycles. The minimum atomic E-state index is -0.622. The van der Waals surface area contributed by atoms with E-state index < -0.39 is 6.10 Å². The van der Waals surface area contributed by atoms with E-state index in [1.165, 1.54) is 25.7 Å². The van der Waals surface area contributed by atoms with Crippen LogP contribution in [-0.2, 0) is 4.74 Å². The van der Waals surface area contributed by atoms with Crippen molar-refractivity contribution < 1.29 is 9.84 Å². The topological polar surface area (TPSA) is 78.8 Å². The average Bonchev–Trinajstić information content (AvgIpc) is 3.20. The summed E-state index contributed by atoms with van der Waals surface area (Å²) in [5.74, 6) is 1.44. The molecule has 0 saturated heterocycles. The number of nitrogens with one attached hydrogen (secondary N) is 2. The predicted molar refractivity (Wildman–Crippen MR) is 105 cm³/mol. The van der Waals surface area contributed by atoms with Crippen molar-refractivity contribution in [1.29, 1.82) is 0 Å². The van der Waals surface area contributed by atoms with Gasteiger partial charge in [-0.15, -0.1) is 0 Å². The number of aliphatic imine (C=N–C) groups is 1. The number of hydrogen-bond acceptors (Lipinski definition) is 4. The van der Waals surface area contributed by atoms with Crippen molar-refractivity contribution in [3.8, 4) is 0 Å². The Morgan fingerprint density at radius 2 is 2.00 bits per heavy atom. The molecule has 0 aliphatic heterocycles. The lowest BCUT2D eigenvalue weighted by Gasteiger charge is -2.24. The number of ether oxygens (including phenoxy) is 1. The summed E-state index contributed by atoms with van der Waals surface area (Å²) >= 11 is 0. The minimum absolute atomic E-state index is 0.316. The first kappa shape index (κ1) is 20.6. The molecule has 26 heavy (non-hydrogen) atoms. The lowest BCUT2D eigenvalue weighted by Crippen LogP contribution is -2.39. The summed E-state index contributed by atoms with van der Waals surface area (Å²) in [6, 6.07) is 3.63. The average molecular weight is 363 g/mol. The quantitative estimate of drug-likeness (QED) is 0.440. The number of aliphatic hydroxyl groups is 1. The van der Waals surface area contributed by atoms with E-state index in [4.69, 9.17) is 4.74 Å². The van der Waals surface area contributed by atoms with Crippen LogP contribution in [0.25, 0.3) is 0 Å². The normalized spacial score (nSPS) is 17.9. The molecule has 0 spiro atoms. The predicted octanol–water partition coefficient (Wildman–Crippen LogP) is 2.66. The Bertz CT molecular complexity index is 518. The molecular weight excluding hydrogens is 328 g/mol. The van der Waals surface area contributed by atoms with Crippen molar-refractivity contribution in [2.75, 3.05) is 26.2 Å². The first-order chi connectivity index (χ1) is 12.7. The summed E-state index contributed by atoms with van der Waals surface area (Å²) in [5.41, 5.74) is 0.831. The van der Waals surface area contributed by atoms with E-state index in [-0.39, 0.29) is 0 Å². The molecule has 3 N–H and O–H groups in total. The maximum absolute atomic E-state index is 10.3. The molecule has 2 atom stereocenters. The molecule has 0 bridgehead atoms. The minimum Gasteiger partial charge on any atom is -0.386 e. The Labute approximate surface area is 157 Å². The van der Waals surface area contributed by atoms with Gasteiger partial charge in [0.25, 0.3) is 0 Å². The van der Waals surface area contributed by atoms with Crippen LogP contribution in [0.4, 0.5) is 0 Å². The Balaban J connectivity index is 1.82. The highest BCUT2D eigenvalue weighted by molar-refractivity contribution is 5.79. The second-order valence-electron chi connectivity index (χ2n) is 6.77. The molecule has 0 amide bonds. The number of aliphatic hydroxyl groups excluding tert-OH is 1. The molecule has 0 radical (unpaired) electrons. The first-order valence-electron chi connectivity index (χ1n) is 9.96. The van der Waals surface area contributed by atoms with Crippen LogP contribution in [0, 0.1) is 5.92 Å². The van der Waals surface area contributed by atoms with Crippen LogP contribution in [0.5, 0.6) is 0 Å². The van der Waals surface area contributed by atoms with Crippen LogP contribution in [0.1, 0.15) is 57.6 Å². The van der Waals surface area contributed by atoms with Crippen LogP contribution in [0.2, 0.25) is 0 Å². The number of aromatic nitrogens is 1. The SMILES string of the molecule is CCNC(=NCC(O)c1ccncc1)NCCC(OCC)C1CCCC1. The van der Waals surface area contributed by atoms with E-state index in [0.717, 1.165) is 37.6 Å². The van der Waals surface area contributed by atoms with Gasteiger partial charge in [-0.1, -0.05) is 12.8 Å². The van der Waals surface area contributed by atoms with E-state index in [1.807, 2.05) is 19.1 Å². The highest BCUT2D eigenvalue weighted by atomic mass is 16.5. The summed E-state index contributed by atoms with van der Waals surface area (Å²) in [4.78, 5) is 8.49. The smallest absolute Gasteiger partial charge is 0.191 e. The van der Waals surface area contributed by atoms with E-state index in [0.29, 0.717) is 18.6 Å². The molecular formula is C20H34N4O2. The second kappa shape index (κ2) is 11.9. The van der Waals surface area contributed by atoms with Crippen molar-refractivity contribution in [2.24, 2.45) is 10.9 Å². The Morgan fingerprint density at radius 1 is 1.27 bits per heavy atom. The Hall–Kier alpha value is -1.66. The highest BCUT2D eigenvalue weighted by Crippen LogP contribution is 2.30. The molecule has 2 unspecified atom stereocenters. The monoisotopic (exact) mass is 362 g/mol. The molecule has 1 fully saturated rings. The first-order valence-corrected chi connectivity index (χ1v) is 9.96. The lowest BCUT2D eigenvalue weighted by atomic mass is 9.98. The van der Waals surface area contributed by atoms with Gasteiger partial charge in [0, 0.05) is 32.1 Å². The van der Waals surface area contributed by atoms with Gasteiger partial charge in [-0.3, -0.25) is 9.98 Å². The van der Waals surface area contributed by atoms with E-state index >= 15 is 0 Å². The van der Waals surface area contributed by atoms with Crippen LogP contribution in [0.3, 0.4) is 0 Å². The summed E-state index contributed by atoms with van der Waals surface area (Å²) in [6.45, 7) is 6.80.